The summed E-state index contributed by atoms with van der Waals surface area (Å²) in [6.45, 7) is 2.84. The largest absolute Gasteiger partial charge is 0.476 e. The quantitative estimate of drug-likeness (QED) is 0.714. The van der Waals surface area contributed by atoms with E-state index in [4.69, 9.17) is 10.5 Å². The second-order valence-corrected chi connectivity index (χ2v) is 5.37. The molecule has 0 bridgehead atoms. The van der Waals surface area contributed by atoms with Crippen molar-refractivity contribution in [2.24, 2.45) is 0 Å². The number of nitrogens with zero attached hydrogens (tertiary/aromatic N) is 2. The molecule has 0 saturated heterocycles. The Kier molecular flexibility index (Phi) is 5.00. The van der Waals surface area contributed by atoms with E-state index >= 15 is 0 Å². The van der Waals surface area contributed by atoms with E-state index in [0.29, 0.717) is 30.5 Å². The van der Waals surface area contributed by atoms with Gasteiger partial charge in [0.1, 0.15) is 12.0 Å². The molecule has 0 atom stereocenters. The summed E-state index contributed by atoms with van der Waals surface area (Å²) in [6.07, 6.45) is 7.61. The molecule has 4 N–H and O–H groups in total. The second kappa shape index (κ2) is 6.74. The smallest absolute Gasteiger partial charge is 0.242 e. The molecule has 6 heteroatoms. The Morgan fingerprint density at radius 1 is 1.30 bits per heavy atom. The van der Waals surface area contributed by atoms with Gasteiger partial charge in [0, 0.05) is 6.54 Å². The number of hydrogen-bond donors (Lipinski definition) is 3. The van der Waals surface area contributed by atoms with Crippen LogP contribution in [0.5, 0.6) is 5.88 Å². The average Bonchev–Trinajstić information content (AvgIpc) is 2.65. The average molecular weight is 280 g/mol. The first-order chi connectivity index (χ1) is 9.64. The number of nitrogens with one attached hydrogen (secondary N) is 1. The third-order valence-corrected chi connectivity index (χ3v) is 3.75. The summed E-state index contributed by atoms with van der Waals surface area (Å²) in [5.41, 5.74) is 5.69. The van der Waals surface area contributed by atoms with E-state index in [2.05, 4.69) is 15.3 Å². The molecule has 0 spiro atoms. The zero-order chi connectivity index (χ0) is 14.4. The highest BCUT2D eigenvalue weighted by Crippen LogP contribution is 2.29. The van der Waals surface area contributed by atoms with Crippen LogP contribution >= 0.6 is 0 Å². The summed E-state index contributed by atoms with van der Waals surface area (Å²) in [6, 6.07) is 0. The van der Waals surface area contributed by atoms with Crippen LogP contribution in [-0.2, 0) is 0 Å². The number of hydrogen-bond acceptors (Lipinski definition) is 6. The van der Waals surface area contributed by atoms with Crippen molar-refractivity contribution in [3.63, 3.8) is 0 Å². The van der Waals surface area contributed by atoms with E-state index < -0.39 is 5.60 Å². The zero-order valence-electron chi connectivity index (χ0n) is 12.1. The minimum atomic E-state index is -0.667. The Labute approximate surface area is 119 Å². The predicted octanol–water partition coefficient (Wildman–Crippen LogP) is 1.95. The van der Waals surface area contributed by atoms with Gasteiger partial charge in [-0.15, -0.1) is 0 Å². The molecule has 0 aliphatic heterocycles. The maximum Gasteiger partial charge on any atom is 0.242 e. The van der Waals surface area contributed by atoms with Gasteiger partial charge in [0.15, 0.2) is 5.82 Å². The molecule has 112 valence electrons. The van der Waals surface area contributed by atoms with E-state index in [1.165, 1.54) is 19.2 Å². The molecule has 1 aliphatic carbocycles. The number of aliphatic hydroxyl groups is 1. The summed E-state index contributed by atoms with van der Waals surface area (Å²) in [7, 11) is 0. The Hall–Kier alpha value is -1.56. The van der Waals surface area contributed by atoms with Gasteiger partial charge in [-0.05, 0) is 19.8 Å². The molecule has 1 aromatic heterocycles. The van der Waals surface area contributed by atoms with E-state index in [1.54, 1.807) is 0 Å². The molecule has 6 nitrogen and oxygen atoms in total. The van der Waals surface area contributed by atoms with E-state index in [9.17, 15) is 5.11 Å². The van der Waals surface area contributed by atoms with Crippen molar-refractivity contribution in [1.82, 2.24) is 9.97 Å². The van der Waals surface area contributed by atoms with Crippen LogP contribution in [0.4, 0.5) is 11.5 Å². The van der Waals surface area contributed by atoms with Gasteiger partial charge in [0.2, 0.25) is 5.88 Å². The van der Waals surface area contributed by atoms with Gasteiger partial charge in [-0.1, -0.05) is 25.7 Å². The van der Waals surface area contributed by atoms with Crippen molar-refractivity contribution in [3.8, 4) is 5.88 Å². The molecule has 0 radical (unpaired) electrons. The first-order valence-electron chi connectivity index (χ1n) is 7.34. The van der Waals surface area contributed by atoms with Crippen LogP contribution in [0.3, 0.4) is 0 Å². The maximum atomic E-state index is 10.6. The van der Waals surface area contributed by atoms with Gasteiger partial charge < -0.3 is 20.9 Å². The molecule has 0 aromatic carbocycles. The first-order valence-corrected chi connectivity index (χ1v) is 7.34. The second-order valence-electron chi connectivity index (χ2n) is 5.37. The van der Waals surface area contributed by atoms with Crippen LogP contribution in [-0.4, -0.2) is 33.8 Å². The van der Waals surface area contributed by atoms with Gasteiger partial charge in [0.25, 0.3) is 0 Å². The maximum absolute atomic E-state index is 10.6. The van der Waals surface area contributed by atoms with Crippen LogP contribution < -0.4 is 15.8 Å². The van der Waals surface area contributed by atoms with Crippen molar-refractivity contribution in [2.75, 3.05) is 24.2 Å². The number of nitrogens with two attached hydrogens (primary N) is 1. The summed E-state index contributed by atoms with van der Waals surface area (Å²) >= 11 is 0. The van der Waals surface area contributed by atoms with Crippen LogP contribution in [0.15, 0.2) is 6.33 Å². The molecular formula is C14H24N4O2. The lowest BCUT2D eigenvalue weighted by Crippen LogP contribution is -2.36. The van der Waals surface area contributed by atoms with Gasteiger partial charge in [-0.3, -0.25) is 0 Å². The van der Waals surface area contributed by atoms with Crippen molar-refractivity contribution < 1.29 is 9.84 Å². The normalized spacial score (nSPS) is 18.3. The molecular weight excluding hydrogens is 256 g/mol. The number of aromatic nitrogens is 2. The molecule has 20 heavy (non-hydrogen) atoms. The van der Waals surface area contributed by atoms with Gasteiger partial charge in [-0.2, -0.15) is 4.98 Å². The monoisotopic (exact) mass is 280 g/mol. The van der Waals surface area contributed by atoms with Crippen LogP contribution in [0.1, 0.15) is 45.4 Å². The SMILES string of the molecule is CCOc1ncnc(NCC2(O)CCCCCC2)c1N. The summed E-state index contributed by atoms with van der Waals surface area (Å²) in [5, 5.41) is 13.7. The summed E-state index contributed by atoms with van der Waals surface area (Å²) in [5.74, 6) is 0.916. The Morgan fingerprint density at radius 3 is 2.65 bits per heavy atom. The standard InChI is InChI=1S/C14H24N4O2/c1-2-20-13-11(15)12(17-10-18-13)16-9-14(19)7-5-3-4-6-8-14/h10,19H,2-9,15H2,1H3,(H,16,17,18). The highest BCUT2D eigenvalue weighted by molar-refractivity contribution is 5.66. The highest BCUT2D eigenvalue weighted by atomic mass is 16.5. The molecule has 0 unspecified atom stereocenters. The van der Waals surface area contributed by atoms with E-state index in [0.717, 1.165) is 25.7 Å². The zero-order valence-corrected chi connectivity index (χ0v) is 12.1. The third-order valence-electron chi connectivity index (χ3n) is 3.75. The fraction of sp³-hybridized carbons (Fsp3) is 0.714. The van der Waals surface area contributed by atoms with E-state index in [1.807, 2.05) is 6.92 Å². The number of anilines is 2. The van der Waals surface area contributed by atoms with Crippen molar-refractivity contribution in [1.29, 1.82) is 0 Å². The van der Waals surface area contributed by atoms with Crippen LogP contribution in [0.25, 0.3) is 0 Å². The first kappa shape index (κ1) is 14.8. The van der Waals surface area contributed by atoms with Gasteiger partial charge in [0.05, 0.1) is 12.2 Å². The molecule has 0 amide bonds. The van der Waals surface area contributed by atoms with Crippen molar-refractivity contribution >= 4 is 11.5 Å². The van der Waals surface area contributed by atoms with Crippen LogP contribution in [0.2, 0.25) is 0 Å². The number of nitrogen functional groups attached to an aromatic ring is 1. The van der Waals surface area contributed by atoms with Gasteiger partial charge >= 0.3 is 0 Å². The molecule has 1 aliphatic rings. The third kappa shape index (κ3) is 3.72. The molecule has 1 aromatic rings. The molecule has 1 fully saturated rings. The highest BCUT2D eigenvalue weighted by Gasteiger charge is 2.28. The molecule has 1 heterocycles. The summed E-state index contributed by atoms with van der Waals surface area (Å²) < 4.78 is 5.34. The lowest BCUT2D eigenvalue weighted by Gasteiger charge is -2.27. The van der Waals surface area contributed by atoms with E-state index in [-0.39, 0.29) is 0 Å². The van der Waals surface area contributed by atoms with Crippen molar-refractivity contribution in [2.45, 2.75) is 51.0 Å². The fourth-order valence-corrected chi connectivity index (χ4v) is 2.58. The summed E-state index contributed by atoms with van der Waals surface area (Å²) in [4.78, 5) is 8.12. The van der Waals surface area contributed by atoms with Crippen molar-refractivity contribution in [3.05, 3.63) is 6.33 Å². The van der Waals surface area contributed by atoms with Crippen LogP contribution in [0, 0.1) is 0 Å². The lowest BCUT2D eigenvalue weighted by molar-refractivity contribution is 0.0380. The molecule has 1 saturated carbocycles. The van der Waals surface area contributed by atoms with Gasteiger partial charge in [-0.25, -0.2) is 4.98 Å². The Bertz CT molecular complexity index is 431. The number of ether oxygens (including phenoxy) is 1. The molecule has 2 rings (SSSR count). The lowest BCUT2D eigenvalue weighted by atomic mass is 9.94. The topological polar surface area (TPSA) is 93.3 Å². The number of rotatable bonds is 5. The Balaban J connectivity index is 2.01. The minimum absolute atomic E-state index is 0.387. The fourth-order valence-electron chi connectivity index (χ4n) is 2.58. The Morgan fingerprint density at radius 2 is 2.00 bits per heavy atom. The minimum Gasteiger partial charge on any atom is -0.476 e. The predicted molar refractivity (Wildman–Crippen MR) is 78.8 cm³/mol.